The van der Waals surface area contributed by atoms with Gasteiger partial charge in [-0.3, -0.25) is 4.79 Å². The van der Waals surface area contributed by atoms with E-state index in [0.29, 0.717) is 17.1 Å². The van der Waals surface area contributed by atoms with Gasteiger partial charge in [-0.25, -0.2) is 0 Å². The molecule has 4 heteroatoms. The van der Waals surface area contributed by atoms with Gasteiger partial charge in [-0.05, 0) is 37.5 Å². The van der Waals surface area contributed by atoms with E-state index in [1.165, 1.54) is 0 Å². The highest BCUT2D eigenvalue weighted by atomic mass is 35.5. The summed E-state index contributed by atoms with van der Waals surface area (Å²) in [6.45, 7) is 2.52. The summed E-state index contributed by atoms with van der Waals surface area (Å²) in [5, 5.41) is 10.6. The smallest absolute Gasteiger partial charge is 0.253 e. The van der Waals surface area contributed by atoms with E-state index in [2.05, 4.69) is 0 Å². The molecule has 0 heterocycles. The molecule has 0 saturated heterocycles. The number of aryl methyl sites for hydroxylation is 1. The molecule has 0 aromatic heterocycles. The molecule has 0 bridgehead atoms. The van der Waals surface area contributed by atoms with E-state index in [0.717, 1.165) is 31.2 Å². The van der Waals surface area contributed by atoms with E-state index in [1.54, 1.807) is 24.1 Å². The summed E-state index contributed by atoms with van der Waals surface area (Å²) in [5.74, 6) is 0.156. The maximum Gasteiger partial charge on any atom is 0.253 e. The Balaban J connectivity index is 2.02. The van der Waals surface area contributed by atoms with E-state index in [9.17, 15) is 9.90 Å². The summed E-state index contributed by atoms with van der Waals surface area (Å²) in [7, 11) is 1.79. The zero-order valence-corrected chi connectivity index (χ0v) is 12.9. The molecule has 2 atom stereocenters. The minimum absolute atomic E-state index is 0.0373. The van der Waals surface area contributed by atoms with Crippen molar-refractivity contribution in [2.24, 2.45) is 5.92 Å². The Morgan fingerprint density at radius 2 is 2.10 bits per heavy atom. The standard InChI is InChI=1S/C16H22ClNO2/c1-11-7-8-12(9-14(11)17)16(20)18(2)10-13-5-3-4-6-15(13)19/h7-9,13,15,19H,3-6,10H2,1-2H3. The van der Waals surface area contributed by atoms with Gasteiger partial charge in [0.1, 0.15) is 0 Å². The van der Waals surface area contributed by atoms with Crippen LogP contribution in [0.15, 0.2) is 18.2 Å². The van der Waals surface area contributed by atoms with E-state index in [-0.39, 0.29) is 17.9 Å². The fourth-order valence-corrected chi connectivity index (χ4v) is 2.96. The molecule has 2 unspecified atom stereocenters. The molecule has 2 rings (SSSR count). The molecule has 1 aromatic rings. The summed E-state index contributed by atoms with van der Waals surface area (Å²) in [6.07, 6.45) is 3.79. The van der Waals surface area contributed by atoms with Crippen LogP contribution in [-0.4, -0.2) is 35.6 Å². The molecule has 1 aromatic carbocycles. The number of hydrogen-bond acceptors (Lipinski definition) is 2. The highest BCUT2D eigenvalue weighted by Crippen LogP contribution is 2.25. The summed E-state index contributed by atoms with van der Waals surface area (Å²) in [4.78, 5) is 14.1. The fourth-order valence-electron chi connectivity index (χ4n) is 2.78. The van der Waals surface area contributed by atoms with Crippen molar-refractivity contribution in [1.82, 2.24) is 4.90 Å². The summed E-state index contributed by atoms with van der Waals surface area (Å²) >= 11 is 6.07. The van der Waals surface area contributed by atoms with Crippen molar-refractivity contribution in [3.8, 4) is 0 Å². The van der Waals surface area contributed by atoms with E-state index < -0.39 is 0 Å². The first-order valence-electron chi connectivity index (χ1n) is 7.18. The van der Waals surface area contributed by atoms with Crippen LogP contribution in [0.3, 0.4) is 0 Å². The van der Waals surface area contributed by atoms with Crippen LogP contribution in [0.1, 0.15) is 41.6 Å². The number of aliphatic hydroxyl groups excluding tert-OH is 1. The monoisotopic (exact) mass is 295 g/mol. The predicted molar refractivity (Wildman–Crippen MR) is 81.1 cm³/mol. The Morgan fingerprint density at radius 1 is 1.40 bits per heavy atom. The maximum atomic E-state index is 12.4. The van der Waals surface area contributed by atoms with E-state index in [4.69, 9.17) is 11.6 Å². The van der Waals surface area contributed by atoms with Crippen molar-refractivity contribution < 1.29 is 9.90 Å². The largest absolute Gasteiger partial charge is 0.393 e. The molecule has 3 nitrogen and oxygen atoms in total. The van der Waals surface area contributed by atoms with Gasteiger partial charge in [-0.15, -0.1) is 0 Å². The Hall–Kier alpha value is -1.06. The first-order chi connectivity index (χ1) is 9.49. The molecule has 1 aliphatic carbocycles. The van der Waals surface area contributed by atoms with Gasteiger partial charge >= 0.3 is 0 Å². The van der Waals surface area contributed by atoms with Crippen molar-refractivity contribution in [1.29, 1.82) is 0 Å². The van der Waals surface area contributed by atoms with Crippen LogP contribution in [0.2, 0.25) is 5.02 Å². The molecule has 1 amide bonds. The third-order valence-corrected chi connectivity index (χ3v) is 4.55. The fraction of sp³-hybridized carbons (Fsp3) is 0.562. The lowest BCUT2D eigenvalue weighted by molar-refractivity contribution is 0.0451. The average Bonchev–Trinajstić information content (AvgIpc) is 2.43. The maximum absolute atomic E-state index is 12.4. The van der Waals surface area contributed by atoms with Crippen molar-refractivity contribution in [2.45, 2.75) is 38.7 Å². The zero-order valence-electron chi connectivity index (χ0n) is 12.1. The number of nitrogens with zero attached hydrogens (tertiary/aromatic N) is 1. The van der Waals surface area contributed by atoms with E-state index in [1.807, 2.05) is 13.0 Å². The van der Waals surface area contributed by atoms with Crippen LogP contribution in [-0.2, 0) is 0 Å². The van der Waals surface area contributed by atoms with Crippen molar-refractivity contribution >= 4 is 17.5 Å². The third-order valence-electron chi connectivity index (χ3n) is 4.14. The Labute approximate surface area is 125 Å². The van der Waals surface area contributed by atoms with Crippen LogP contribution in [0.25, 0.3) is 0 Å². The number of halogens is 1. The summed E-state index contributed by atoms with van der Waals surface area (Å²) in [6, 6.07) is 5.38. The Bertz CT molecular complexity index is 489. The molecule has 0 spiro atoms. The summed E-state index contributed by atoms with van der Waals surface area (Å²) in [5.41, 5.74) is 1.57. The highest BCUT2D eigenvalue weighted by molar-refractivity contribution is 6.31. The number of hydrogen-bond donors (Lipinski definition) is 1. The molecule has 0 aliphatic heterocycles. The predicted octanol–water partition coefficient (Wildman–Crippen LogP) is 3.27. The SMILES string of the molecule is Cc1ccc(C(=O)N(C)CC2CCCCC2O)cc1Cl. The first kappa shape index (κ1) is 15.3. The lowest BCUT2D eigenvalue weighted by atomic mass is 9.86. The molecular formula is C16H22ClNO2. The van der Waals surface area contributed by atoms with Crippen LogP contribution >= 0.6 is 11.6 Å². The van der Waals surface area contributed by atoms with Crippen molar-refractivity contribution in [2.75, 3.05) is 13.6 Å². The molecular weight excluding hydrogens is 274 g/mol. The van der Waals surface area contributed by atoms with Gasteiger partial charge in [-0.1, -0.05) is 30.5 Å². The molecule has 0 radical (unpaired) electrons. The first-order valence-corrected chi connectivity index (χ1v) is 7.56. The second-order valence-electron chi connectivity index (χ2n) is 5.76. The van der Waals surface area contributed by atoms with Gasteiger partial charge < -0.3 is 10.0 Å². The Morgan fingerprint density at radius 3 is 2.75 bits per heavy atom. The van der Waals surface area contributed by atoms with Crippen molar-refractivity contribution in [3.63, 3.8) is 0 Å². The van der Waals surface area contributed by atoms with Gasteiger partial charge in [-0.2, -0.15) is 0 Å². The lowest BCUT2D eigenvalue weighted by Crippen LogP contribution is -2.38. The number of carbonyl (C=O) groups is 1. The van der Waals surface area contributed by atoms with Crippen molar-refractivity contribution in [3.05, 3.63) is 34.3 Å². The van der Waals surface area contributed by atoms with E-state index >= 15 is 0 Å². The van der Waals surface area contributed by atoms with Gasteiger partial charge in [0, 0.05) is 30.1 Å². The highest BCUT2D eigenvalue weighted by Gasteiger charge is 2.26. The van der Waals surface area contributed by atoms with Gasteiger partial charge in [0.15, 0.2) is 0 Å². The van der Waals surface area contributed by atoms with Gasteiger partial charge in [0.05, 0.1) is 6.10 Å². The molecule has 20 heavy (non-hydrogen) atoms. The number of amides is 1. The third kappa shape index (κ3) is 3.53. The van der Waals surface area contributed by atoms with Gasteiger partial charge in [0.25, 0.3) is 5.91 Å². The minimum Gasteiger partial charge on any atom is -0.393 e. The molecule has 1 aliphatic rings. The molecule has 1 N–H and O–H groups in total. The second-order valence-corrected chi connectivity index (χ2v) is 6.17. The topological polar surface area (TPSA) is 40.5 Å². The normalized spacial score (nSPS) is 22.6. The van der Waals surface area contributed by atoms with Crippen LogP contribution < -0.4 is 0 Å². The molecule has 1 fully saturated rings. The molecule has 110 valence electrons. The number of carbonyl (C=O) groups excluding carboxylic acids is 1. The number of aliphatic hydroxyl groups is 1. The second kappa shape index (κ2) is 6.59. The average molecular weight is 296 g/mol. The quantitative estimate of drug-likeness (QED) is 0.930. The summed E-state index contributed by atoms with van der Waals surface area (Å²) < 4.78 is 0. The molecule has 1 saturated carbocycles. The van der Waals surface area contributed by atoms with Crippen LogP contribution in [0, 0.1) is 12.8 Å². The van der Waals surface area contributed by atoms with Gasteiger partial charge in [0.2, 0.25) is 0 Å². The lowest BCUT2D eigenvalue weighted by Gasteiger charge is -2.31. The Kier molecular flexibility index (Phi) is 5.06. The minimum atomic E-state index is -0.277. The van der Waals surface area contributed by atoms with Crippen LogP contribution in [0.5, 0.6) is 0 Å². The van der Waals surface area contributed by atoms with Crippen LogP contribution in [0.4, 0.5) is 0 Å². The zero-order chi connectivity index (χ0) is 14.7. The number of rotatable bonds is 3. The number of benzene rings is 1.